The smallest absolute Gasteiger partial charge is 0.116 e. The van der Waals surface area contributed by atoms with Crippen LogP contribution in [0.2, 0.25) is 0 Å². The summed E-state index contributed by atoms with van der Waals surface area (Å²) < 4.78 is 0. The average molecular weight is 186 g/mol. The van der Waals surface area contributed by atoms with E-state index in [-0.39, 0.29) is 0 Å². The highest BCUT2D eigenvalue weighted by Crippen LogP contribution is 2.10. The fourth-order valence-electron chi connectivity index (χ4n) is 1.22. The minimum absolute atomic E-state index is 0.946. The third-order valence-electron chi connectivity index (χ3n) is 1.87. The number of aromatic nitrogens is 2. The molecule has 70 valence electrons. The van der Waals surface area contributed by atoms with Gasteiger partial charge in [-0.3, -0.25) is 0 Å². The topological polar surface area (TPSA) is 50.2 Å². The van der Waals surface area contributed by atoms with E-state index in [1.807, 2.05) is 18.2 Å². The van der Waals surface area contributed by atoms with Gasteiger partial charge in [0.15, 0.2) is 0 Å². The van der Waals surface area contributed by atoms with Gasteiger partial charge in [0.1, 0.15) is 6.33 Å². The van der Waals surface area contributed by atoms with E-state index in [9.17, 15) is 0 Å². The van der Waals surface area contributed by atoms with Gasteiger partial charge in [-0.25, -0.2) is 9.97 Å². The highest BCUT2D eigenvalue weighted by molar-refractivity contribution is 5.87. The molecule has 0 atom stereocenters. The SMILES string of the molecule is CN/N=C/c1ccc2ncncc2c1. The molecule has 0 saturated heterocycles. The molecule has 0 amide bonds. The first-order valence-corrected chi connectivity index (χ1v) is 4.30. The summed E-state index contributed by atoms with van der Waals surface area (Å²) in [7, 11) is 1.76. The summed E-state index contributed by atoms with van der Waals surface area (Å²) in [4.78, 5) is 8.09. The van der Waals surface area contributed by atoms with Crippen LogP contribution in [0.1, 0.15) is 5.56 Å². The zero-order chi connectivity index (χ0) is 9.80. The Kier molecular flexibility index (Phi) is 2.36. The number of nitrogens with one attached hydrogen (secondary N) is 1. The van der Waals surface area contributed by atoms with Gasteiger partial charge in [0.2, 0.25) is 0 Å². The van der Waals surface area contributed by atoms with Crippen LogP contribution in [-0.4, -0.2) is 23.2 Å². The number of hydrogen-bond donors (Lipinski definition) is 1. The van der Waals surface area contributed by atoms with Crippen LogP contribution < -0.4 is 5.43 Å². The molecule has 1 N–H and O–H groups in total. The first kappa shape index (κ1) is 8.62. The van der Waals surface area contributed by atoms with E-state index in [0.29, 0.717) is 0 Å². The van der Waals surface area contributed by atoms with Gasteiger partial charge in [-0.15, -0.1) is 0 Å². The molecule has 0 fully saturated rings. The van der Waals surface area contributed by atoms with Gasteiger partial charge in [0, 0.05) is 18.6 Å². The van der Waals surface area contributed by atoms with Crippen molar-refractivity contribution in [3.63, 3.8) is 0 Å². The summed E-state index contributed by atoms with van der Waals surface area (Å²) in [5.74, 6) is 0. The number of fused-ring (bicyclic) bond motifs is 1. The van der Waals surface area contributed by atoms with Crippen LogP contribution in [-0.2, 0) is 0 Å². The van der Waals surface area contributed by atoms with E-state index in [1.54, 1.807) is 25.8 Å². The van der Waals surface area contributed by atoms with E-state index in [4.69, 9.17) is 0 Å². The summed E-state index contributed by atoms with van der Waals surface area (Å²) >= 11 is 0. The summed E-state index contributed by atoms with van der Waals surface area (Å²) in [6.45, 7) is 0. The molecule has 0 aliphatic heterocycles. The second-order valence-electron chi connectivity index (χ2n) is 2.82. The number of rotatable bonds is 2. The van der Waals surface area contributed by atoms with Crippen molar-refractivity contribution in [2.24, 2.45) is 5.10 Å². The van der Waals surface area contributed by atoms with Crippen LogP contribution in [0.5, 0.6) is 0 Å². The first-order valence-electron chi connectivity index (χ1n) is 4.30. The Hall–Kier alpha value is -1.97. The van der Waals surface area contributed by atoms with E-state index >= 15 is 0 Å². The predicted octanol–water partition coefficient (Wildman–Crippen LogP) is 1.18. The lowest BCUT2D eigenvalue weighted by molar-refractivity contribution is 0.908. The minimum atomic E-state index is 0.946. The zero-order valence-corrected chi connectivity index (χ0v) is 7.81. The fraction of sp³-hybridized carbons (Fsp3) is 0.100. The lowest BCUT2D eigenvalue weighted by Crippen LogP contribution is -1.94. The van der Waals surface area contributed by atoms with Crippen molar-refractivity contribution in [2.75, 3.05) is 7.05 Å². The molecule has 0 aliphatic rings. The monoisotopic (exact) mass is 186 g/mol. The van der Waals surface area contributed by atoms with Crippen molar-refractivity contribution in [1.29, 1.82) is 0 Å². The van der Waals surface area contributed by atoms with Gasteiger partial charge in [-0.2, -0.15) is 5.10 Å². The Morgan fingerprint density at radius 2 is 2.36 bits per heavy atom. The third kappa shape index (κ3) is 1.69. The first-order chi connectivity index (χ1) is 6.90. The number of hydrogen-bond acceptors (Lipinski definition) is 4. The van der Waals surface area contributed by atoms with Gasteiger partial charge in [0.05, 0.1) is 11.7 Å². The van der Waals surface area contributed by atoms with Gasteiger partial charge in [0.25, 0.3) is 0 Å². The standard InChI is InChI=1S/C10H10N4/c1-11-14-5-8-2-3-10-9(4-8)6-12-7-13-10/h2-7,11H,1H3/b14-5+. The van der Waals surface area contributed by atoms with Crippen LogP contribution in [0.15, 0.2) is 35.8 Å². The zero-order valence-electron chi connectivity index (χ0n) is 7.81. The van der Waals surface area contributed by atoms with Gasteiger partial charge in [-0.1, -0.05) is 6.07 Å². The average Bonchev–Trinajstić information content (AvgIpc) is 2.26. The van der Waals surface area contributed by atoms with Crippen molar-refractivity contribution in [2.45, 2.75) is 0 Å². The van der Waals surface area contributed by atoms with Crippen molar-refractivity contribution in [3.05, 3.63) is 36.3 Å². The molecule has 1 aromatic heterocycles. The van der Waals surface area contributed by atoms with E-state index in [2.05, 4.69) is 20.5 Å². The predicted molar refractivity (Wildman–Crippen MR) is 56.2 cm³/mol. The lowest BCUT2D eigenvalue weighted by atomic mass is 10.2. The van der Waals surface area contributed by atoms with Crippen molar-refractivity contribution >= 4 is 17.1 Å². The molecule has 0 aliphatic carbocycles. The molecule has 4 heteroatoms. The largest absolute Gasteiger partial charge is 0.313 e. The Labute approximate surface area is 81.7 Å². The maximum atomic E-state index is 4.13. The summed E-state index contributed by atoms with van der Waals surface area (Å²) in [5, 5.41) is 4.95. The normalized spacial score (nSPS) is 10.9. The molecule has 1 heterocycles. The molecule has 0 saturated carbocycles. The quantitative estimate of drug-likeness (QED) is 0.566. The van der Waals surface area contributed by atoms with Crippen LogP contribution >= 0.6 is 0 Å². The maximum absolute atomic E-state index is 4.13. The summed E-state index contributed by atoms with van der Waals surface area (Å²) in [6.07, 6.45) is 5.09. The van der Waals surface area contributed by atoms with Crippen molar-refractivity contribution in [3.8, 4) is 0 Å². The minimum Gasteiger partial charge on any atom is -0.313 e. The molecule has 14 heavy (non-hydrogen) atoms. The van der Waals surface area contributed by atoms with Crippen molar-refractivity contribution < 1.29 is 0 Å². The van der Waals surface area contributed by atoms with Crippen LogP contribution in [0.4, 0.5) is 0 Å². The second-order valence-corrected chi connectivity index (χ2v) is 2.82. The molecule has 2 rings (SSSR count). The Bertz CT molecular complexity index is 464. The molecule has 1 aromatic carbocycles. The summed E-state index contributed by atoms with van der Waals surface area (Å²) in [6, 6.07) is 5.92. The molecular weight excluding hydrogens is 176 g/mol. The Morgan fingerprint density at radius 1 is 1.43 bits per heavy atom. The highest BCUT2D eigenvalue weighted by Gasteiger charge is 1.94. The number of benzene rings is 1. The fourth-order valence-corrected chi connectivity index (χ4v) is 1.22. The highest BCUT2D eigenvalue weighted by atomic mass is 15.3. The number of hydrazone groups is 1. The molecule has 4 nitrogen and oxygen atoms in total. The van der Waals surface area contributed by atoms with Crippen LogP contribution in [0, 0.1) is 0 Å². The Balaban J connectivity index is 2.46. The Morgan fingerprint density at radius 3 is 3.21 bits per heavy atom. The lowest BCUT2D eigenvalue weighted by Gasteiger charge is -1.96. The molecule has 2 aromatic rings. The second kappa shape index (κ2) is 3.83. The molecular formula is C10H10N4. The summed E-state index contributed by atoms with van der Waals surface area (Å²) in [5.41, 5.74) is 4.68. The van der Waals surface area contributed by atoms with Gasteiger partial charge in [-0.05, 0) is 17.7 Å². The van der Waals surface area contributed by atoms with Crippen LogP contribution in [0.25, 0.3) is 10.9 Å². The third-order valence-corrected chi connectivity index (χ3v) is 1.87. The molecule has 0 radical (unpaired) electrons. The maximum Gasteiger partial charge on any atom is 0.116 e. The molecule has 0 spiro atoms. The van der Waals surface area contributed by atoms with Crippen LogP contribution in [0.3, 0.4) is 0 Å². The number of nitrogens with zero attached hydrogens (tertiary/aromatic N) is 3. The molecule has 0 bridgehead atoms. The van der Waals surface area contributed by atoms with E-state index in [1.165, 1.54) is 0 Å². The van der Waals surface area contributed by atoms with E-state index in [0.717, 1.165) is 16.5 Å². The van der Waals surface area contributed by atoms with Gasteiger partial charge >= 0.3 is 0 Å². The van der Waals surface area contributed by atoms with E-state index < -0.39 is 0 Å². The molecule has 0 unspecified atom stereocenters. The van der Waals surface area contributed by atoms with Crippen molar-refractivity contribution in [1.82, 2.24) is 15.4 Å². The van der Waals surface area contributed by atoms with Gasteiger partial charge < -0.3 is 5.43 Å².